The summed E-state index contributed by atoms with van der Waals surface area (Å²) in [5.74, 6) is 0. The normalized spacial score (nSPS) is 39.8. The Labute approximate surface area is 66.5 Å². The van der Waals surface area contributed by atoms with E-state index < -0.39 is 0 Å². The van der Waals surface area contributed by atoms with E-state index in [2.05, 4.69) is 37.2 Å². The fourth-order valence-corrected chi connectivity index (χ4v) is 2.70. The van der Waals surface area contributed by atoms with Gasteiger partial charge in [-0.05, 0) is 6.42 Å². The van der Waals surface area contributed by atoms with Gasteiger partial charge in [0, 0.05) is 22.7 Å². The number of rotatable bonds is 0. The molecule has 1 saturated heterocycles. The molecule has 2 unspecified atom stereocenters. The van der Waals surface area contributed by atoms with Gasteiger partial charge < -0.3 is 5.32 Å². The molecule has 0 bridgehead atoms. The van der Waals surface area contributed by atoms with Crippen molar-refractivity contribution in [2.24, 2.45) is 0 Å². The molecule has 0 aromatic carbocycles. The van der Waals surface area contributed by atoms with E-state index in [0.29, 0.717) is 9.65 Å². The molecule has 0 radical (unpaired) electrons. The van der Waals surface area contributed by atoms with Crippen molar-refractivity contribution in [3.05, 3.63) is 0 Å². The summed E-state index contributed by atoms with van der Waals surface area (Å²) >= 11 is 7.07. The monoisotopic (exact) mass is 241 g/mol. The van der Waals surface area contributed by atoms with Crippen molar-refractivity contribution in [1.29, 1.82) is 0 Å². The van der Waals surface area contributed by atoms with Gasteiger partial charge in [-0.3, -0.25) is 0 Å². The first-order chi connectivity index (χ1) is 3.79. The summed E-state index contributed by atoms with van der Waals surface area (Å²) in [5.41, 5.74) is 0. The molecule has 1 aliphatic heterocycles. The second-order valence-electron chi connectivity index (χ2n) is 2.09. The minimum atomic E-state index is 0.667. The first-order valence-electron chi connectivity index (χ1n) is 2.78. The van der Waals surface area contributed by atoms with Crippen LogP contribution in [0.2, 0.25) is 0 Å². The largest absolute Gasteiger partial charge is 0.315 e. The van der Waals surface area contributed by atoms with Crippen LogP contribution in [0, 0.1) is 0 Å². The maximum absolute atomic E-state index is 3.54. The predicted molar refractivity (Wildman–Crippen MR) is 42.9 cm³/mol. The summed E-state index contributed by atoms with van der Waals surface area (Å²) in [5, 5.41) is 3.29. The Balaban J connectivity index is 2.23. The lowest BCUT2D eigenvalue weighted by Gasteiger charge is -2.21. The maximum atomic E-state index is 3.54. The van der Waals surface area contributed by atoms with Gasteiger partial charge in [0.2, 0.25) is 0 Å². The van der Waals surface area contributed by atoms with E-state index in [0.717, 1.165) is 13.1 Å². The molecular weight excluding hydrogens is 234 g/mol. The van der Waals surface area contributed by atoms with E-state index in [1.807, 2.05) is 0 Å². The van der Waals surface area contributed by atoms with E-state index in [9.17, 15) is 0 Å². The van der Waals surface area contributed by atoms with Gasteiger partial charge in [-0.15, -0.1) is 0 Å². The molecule has 0 spiro atoms. The van der Waals surface area contributed by atoms with Crippen LogP contribution in [0.25, 0.3) is 0 Å². The molecular formula is C5H9Br2N. The molecule has 0 saturated carbocycles. The van der Waals surface area contributed by atoms with Crippen molar-refractivity contribution in [3.63, 3.8) is 0 Å². The fraction of sp³-hybridized carbons (Fsp3) is 1.00. The minimum Gasteiger partial charge on any atom is -0.315 e. The van der Waals surface area contributed by atoms with Crippen molar-refractivity contribution in [3.8, 4) is 0 Å². The molecule has 1 nitrogen and oxygen atoms in total. The zero-order valence-electron chi connectivity index (χ0n) is 4.53. The molecule has 48 valence electrons. The van der Waals surface area contributed by atoms with Crippen LogP contribution in [0.5, 0.6) is 0 Å². The van der Waals surface area contributed by atoms with Gasteiger partial charge in [0.05, 0.1) is 0 Å². The van der Waals surface area contributed by atoms with Gasteiger partial charge in [-0.1, -0.05) is 31.9 Å². The molecule has 0 aromatic heterocycles. The number of hydrogen-bond acceptors (Lipinski definition) is 1. The predicted octanol–water partition coefficient (Wildman–Crippen LogP) is 1.51. The number of nitrogens with one attached hydrogen (secondary N) is 1. The highest BCUT2D eigenvalue weighted by Gasteiger charge is 2.15. The zero-order chi connectivity index (χ0) is 5.98. The van der Waals surface area contributed by atoms with Crippen molar-refractivity contribution in [2.45, 2.75) is 16.1 Å². The third-order valence-electron chi connectivity index (χ3n) is 1.24. The van der Waals surface area contributed by atoms with Crippen LogP contribution in [0.1, 0.15) is 6.42 Å². The second kappa shape index (κ2) is 3.18. The highest BCUT2D eigenvalue weighted by Crippen LogP contribution is 2.16. The highest BCUT2D eigenvalue weighted by atomic mass is 79.9. The average molecular weight is 243 g/mol. The summed E-state index contributed by atoms with van der Waals surface area (Å²) in [6.45, 7) is 2.23. The van der Waals surface area contributed by atoms with E-state index in [1.54, 1.807) is 0 Å². The first kappa shape index (κ1) is 7.03. The third-order valence-corrected chi connectivity index (χ3v) is 2.64. The summed E-state index contributed by atoms with van der Waals surface area (Å²) in [7, 11) is 0. The Morgan fingerprint density at radius 2 is 1.62 bits per heavy atom. The Bertz CT molecular complexity index is 68.8. The van der Waals surface area contributed by atoms with Gasteiger partial charge >= 0.3 is 0 Å². The molecule has 1 fully saturated rings. The molecule has 0 amide bonds. The minimum absolute atomic E-state index is 0.667. The molecule has 0 aliphatic carbocycles. The Morgan fingerprint density at radius 1 is 1.12 bits per heavy atom. The molecule has 1 rings (SSSR count). The van der Waals surface area contributed by atoms with Crippen LogP contribution in [0.15, 0.2) is 0 Å². The SMILES string of the molecule is BrC1CNCC(Br)C1. The molecule has 0 aromatic rings. The lowest BCUT2D eigenvalue weighted by atomic mass is 10.2. The molecule has 1 heterocycles. The average Bonchev–Trinajstić information content (AvgIpc) is 1.64. The lowest BCUT2D eigenvalue weighted by molar-refractivity contribution is 0.553. The van der Waals surface area contributed by atoms with Crippen molar-refractivity contribution >= 4 is 31.9 Å². The quantitative estimate of drug-likeness (QED) is 0.636. The van der Waals surface area contributed by atoms with Gasteiger partial charge in [0.1, 0.15) is 0 Å². The number of halogens is 2. The second-order valence-corrected chi connectivity index (χ2v) is 4.68. The fourth-order valence-electron chi connectivity index (χ4n) is 0.841. The summed E-state index contributed by atoms with van der Waals surface area (Å²) in [6, 6.07) is 0. The van der Waals surface area contributed by atoms with E-state index >= 15 is 0 Å². The summed E-state index contributed by atoms with van der Waals surface area (Å²) in [4.78, 5) is 1.33. The van der Waals surface area contributed by atoms with Crippen LogP contribution < -0.4 is 5.32 Å². The summed E-state index contributed by atoms with van der Waals surface area (Å²) < 4.78 is 0. The molecule has 1 N–H and O–H groups in total. The van der Waals surface area contributed by atoms with E-state index in [4.69, 9.17) is 0 Å². The van der Waals surface area contributed by atoms with Crippen LogP contribution in [0.3, 0.4) is 0 Å². The number of alkyl halides is 2. The zero-order valence-corrected chi connectivity index (χ0v) is 7.70. The van der Waals surface area contributed by atoms with Crippen LogP contribution in [-0.2, 0) is 0 Å². The van der Waals surface area contributed by atoms with E-state index in [1.165, 1.54) is 6.42 Å². The standard InChI is InChI=1S/C5H9Br2N/c6-4-1-5(7)3-8-2-4/h4-5,8H,1-3H2. The van der Waals surface area contributed by atoms with Gasteiger partial charge in [-0.2, -0.15) is 0 Å². The highest BCUT2D eigenvalue weighted by molar-refractivity contribution is 9.10. The van der Waals surface area contributed by atoms with Crippen LogP contribution >= 0.6 is 31.9 Å². The van der Waals surface area contributed by atoms with Crippen LogP contribution in [0.4, 0.5) is 0 Å². The number of piperidine rings is 1. The Morgan fingerprint density at radius 3 is 1.88 bits per heavy atom. The molecule has 1 aliphatic rings. The van der Waals surface area contributed by atoms with Crippen molar-refractivity contribution in [1.82, 2.24) is 5.32 Å². The smallest absolute Gasteiger partial charge is 0.0281 e. The van der Waals surface area contributed by atoms with Gasteiger partial charge in [0.15, 0.2) is 0 Å². The van der Waals surface area contributed by atoms with Gasteiger partial charge in [-0.25, -0.2) is 0 Å². The molecule has 3 heteroatoms. The summed E-state index contributed by atoms with van der Waals surface area (Å²) in [6.07, 6.45) is 1.24. The Hall–Kier alpha value is 0.920. The van der Waals surface area contributed by atoms with Crippen LogP contribution in [-0.4, -0.2) is 22.7 Å². The maximum Gasteiger partial charge on any atom is 0.0281 e. The first-order valence-corrected chi connectivity index (χ1v) is 4.61. The van der Waals surface area contributed by atoms with Crippen molar-refractivity contribution < 1.29 is 0 Å². The van der Waals surface area contributed by atoms with Gasteiger partial charge in [0.25, 0.3) is 0 Å². The third kappa shape index (κ3) is 2.03. The molecule has 8 heavy (non-hydrogen) atoms. The lowest BCUT2D eigenvalue weighted by Crippen LogP contribution is -2.36. The molecule has 2 atom stereocenters. The van der Waals surface area contributed by atoms with E-state index in [-0.39, 0.29) is 0 Å². The number of hydrogen-bond donors (Lipinski definition) is 1. The Kier molecular flexibility index (Phi) is 2.80. The van der Waals surface area contributed by atoms with Crippen molar-refractivity contribution in [2.75, 3.05) is 13.1 Å². The topological polar surface area (TPSA) is 12.0 Å².